The van der Waals surface area contributed by atoms with Crippen LogP contribution in [0.5, 0.6) is 0 Å². The molecular formula is C21H26N4O2. The van der Waals surface area contributed by atoms with E-state index in [-0.39, 0.29) is 18.4 Å². The molecule has 2 amide bonds. The summed E-state index contributed by atoms with van der Waals surface area (Å²) in [6, 6.07) is 11.3. The number of anilines is 2. The van der Waals surface area contributed by atoms with Crippen LogP contribution in [0.4, 0.5) is 11.5 Å². The summed E-state index contributed by atoms with van der Waals surface area (Å²) < 4.78 is 0. The van der Waals surface area contributed by atoms with Crippen LogP contribution < -0.4 is 10.2 Å². The fourth-order valence-corrected chi connectivity index (χ4v) is 3.38. The van der Waals surface area contributed by atoms with E-state index in [0.29, 0.717) is 11.4 Å². The second-order valence-corrected chi connectivity index (χ2v) is 6.79. The van der Waals surface area contributed by atoms with Crippen molar-refractivity contribution < 1.29 is 9.59 Å². The first-order valence-corrected chi connectivity index (χ1v) is 9.43. The molecule has 6 heteroatoms. The molecule has 0 spiro atoms. The normalized spacial score (nSPS) is 13.5. The van der Waals surface area contributed by atoms with Crippen LogP contribution in [0, 0.1) is 0 Å². The Labute approximate surface area is 160 Å². The highest BCUT2D eigenvalue weighted by Crippen LogP contribution is 2.23. The van der Waals surface area contributed by atoms with Gasteiger partial charge in [-0.15, -0.1) is 0 Å². The van der Waals surface area contributed by atoms with Crippen molar-refractivity contribution in [2.45, 2.75) is 26.2 Å². The van der Waals surface area contributed by atoms with Crippen LogP contribution in [-0.4, -0.2) is 48.4 Å². The van der Waals surface area contributed by atoms with Gasteiger partial charge in [0.2, 0.25) is 5.91 Å². The number of carbonyl (C=O) groups is 2. The van der Waals surface area contributed by atoms with Gasteiger partial charge in [-0.2, -0.15) is 0 Å². The van der Waals surface area contributed by atoms with E-state index in [2.05, 4.69) is 15.2 Å². The first kappa shape index (κ1) is 18.9. The second-order valence-electron chi connectivity index (χ2n) is 6.79. The first-order chi connectivity index (χ1) is 13.1. The summed E-state index contributed by atoms with van der Waals surface area (Å²) in [4.78, 5) is 33.3. The number of carbonyl (C=O) groups excluding carboxylic acids is 2. The third-order valence-corrected chi connectivity index (χ3v) is 4.82. The van der Waals surface area contributed by atoms with Crippen molar-refractivity contribution in [3.8, 4) is 0 Å². The van der Waals surface area contributed by atoms with Crippen molar-refractivity contribution >= 4 is 23.3 Å². The summed E-state index contributed by atoms with van der Waals surface area (Å²) in [5.74, 6) is 0.311. The summed E-state index contributed by atoms with van der Waals surface area (Å²) in [6.45, 7) is 3.86. The topological polar surface area (TPSA) is 65.5 Å². The molecule has 0 unspecified atom stereocenters. The maximum atomic E-state index is 12.9. The smallest absolute Gasteiger partial charge is 0.257 e. The Hall–Kier alpha value is -2.89. The zero-order valence-corrected chi connectivity index (χ0v) is 15.9. The zero-order chi connectivity index (χ0) is 19.2. The van der Waals surface area contributed by atoms with Gasteiger partial charge in [-0.05, 0) is 43.0 Å². The molecule has 3 rings (SSSR count). The zero-order valence-electron chi connectivity index (χ0n) is 15.9. The van der Waals surface area contributed by atoms with Gasteiger partial charge in [-0.1, -0.05) is 25.1 Å². The average molecular weight is 366 g/mol. The molecule has 142 valence electrons. The quantitative estimate of drug-likeness (QED) is 0.854. The Morgan fingerprint density at radius 3 is 2.63 bits per heavy atom. The van der Waals surface area contributed by atoms with Gasteiger partial charge in [0.05, 0.1) is 12.1 Å². The number of benzene rings is 1. The minimum Gasteiger partial charge on any atom is -0.356 e. The van der Waals surface area contributed by atoms with Gasteiger partial charge in [-0.25, -0.2) is 4.98 Å². The maximum absolute atomic E-state index is 12.9. The molecule has 1 aromatic heterocycles. The summed E-state index contributed by atoms with van der Waals surface area (Å²) in [5.41, 5.74) is 2.41. The fourth-order valence-electron chi connectivity index (χ4n) is 3.38. The third kappa shape index (κ3) is 4.45. The van der Waals surface area contributed by atoms with Crippen LogP contribution in [-0.2, 0) is 11.2 Å². The molecule has 1 saturated heterocycles. The molecule has 27 heavy (non-hydrogen) atoms. The highest BCUT2D eigenvalue weighted by atomic mass is 16.2. The van der Waals surface area contributed by atoms with Gasteiger partial charge in [-0.3, -0.25) is 9.59 Å². The van der Waals surface area contributed by atoms with Crippen LogP contribution in [0.25, 0.3) is 0 Å². The minimum absolute atomic E-state index is 0.00871. The van der Waals surface area contributed by atoms with Crippen molar-refractivity contribution in [3.05, 3.63) is 53.7 Å². The molecule has 0 bridgehead atoms. The van der Waals surface area contributed by atoms with Gasteiger partial charge in [0.15, 0.2) is 0 Å². The predicted octanol–water partition coefficient (Wildman–Crippen LogP) is 2.95. The lowest BCUT2D eigenvalue weighted by Crippen LogP contribution is -2.36. The molecule has 6 nitrogen and oxygen atoms in total. The van der Waals surface area contributed by atoms with E-state index in [1.54, 1.807) is 25.4 Å². The monoisotopic (exact) mass is 366 g/mol. The molecular weight excluding hydrogens is 340 g/mol. The lowest BCUT2D eigenvalue weighted by molar-refractivity contribution is -0.116. The number of para-hydroxylation sites is 1. The van der Waals surface area contributed by atoms with Crippen molar-refractivity contribution in [1.29, 1.82) is 0 Å². The molecule has 1 N–H and O–H groups in total. The minimum atomic E-state index is -0.210. The molecule has 2 heterocycles. The number of aromatic nitrogens is 1. The van der Waals surface area contributed by atoms with Crippen molar-refractivity contribution in [3.63, 3.8) is 0 Å². The first-order valence-electron chi connectivity index (χ1n) is 9.43. The molecule has 0 radical (unpaired) electrons. The predicted molar refractivity (Wildman–Crippen MR) is 107 cm³/mol. The van der Waals surface area contributed by atoms with Crippen LogP contribution in [0.1, 0.15) is 35.7 Å². The van der Waals surface area contributed by atoms with Crippen molar-refractivity contribution in [2.75, 3.05) is 36.9 Å². The van der Waals surface area contributed by atoms with Crippen LogP contribution >= 0.6 is 0 Å². The maximum Gasteiger partial charge on any atom is 0.257 e. The van der Waals surface area contributed by atoms with Crippen molar-refractivity contribution in [1.82, 2.24) is 9.88 Å². The number of aryl methyl sites for hydroxylation is 1. The largest absolute Gasteiger partial charge is 0.356 e. The molecule has 0 atom stereocenters. The number of amides is 2. The Balaban J connectivity index is 1.68. The molecule has 1 fully saturated rings. The number of pyridine rings is 1. The molecule has 1 aliphatic rings. The highest BCUT2D eigenvalue weighted by molar-refractivity contribution is 6.02. The second kappa shape index (κ2) is 8.66. The Kier molecular flexibility index (Phi) is 6.06. The van der Waals surface area contributed by atoms with E-state index in [4.69, 9.17) is 0 Å². The van der Waals surface area contributed by atoms with Gasteiger partial charge in [0.25, 0.3) is 5.91 Å². The fraction of sp³-hybridized carbons (Fsp3) is 0.381. The van der Waals surface area contributed by atoms with Gasteiger partial charge in [0.1, 0.15) is 5.82 Å². The number of nitrogens with zero attached hydrogens (tertiary/aromatic N) is 3. The number of nitrogens with one attached hydrogen (secondary N) is 1. The standard InChI is InChI=1S/C21H26N4O2/c1-3-16-9-4-5-11-18(16)23-19(26)15-24(2)21(27)17-10-8-12-22-20(17)25-13-6-7-14-25/h4-5,8-12H,3,6-7,13-15H2,1-2H3,(H,23,26). The van der Waals surface area contributed by atoms with E-state index in [1.165, 1.54) is 4.90 Å². The van der Waals surface area contributed by atoms with E-state index in [9.17, 15) is 9.59 Å². The number of likely N-dealkylation sites (N-methyl/N-ethyl adjacent to an activating group) is 1. The molecule has 1 aromatic carbocycles. The van der Waals surface area contributed by atoms with Crippen LogP contribution in [0.2, 0.25) is 0 Å². The Bertz CT molecular complexity index is 815. The van der Waals surface area contributed by atoms with Crippen LogP contribution in [0.3, 0.4) is 0 Å². The molecule has 1 aliphatic heterocycles. The molecule has 2 aromatic rings. The van der Waals surface area contributed by atoms with Gasteiger partial charge in [0, 0.05) is 32.0 Å². The van der Waals surface area contributed by atoms with E-state index >= 15 is 0 Å². The van der Waals surface area contributed by atoms with E-state index in [0.717, 1.165) is 43.6 Å². The number of hydrogen-bond donors (Lipinski definition) is 1. The lowest BCUT2D eigenvalue weighted by Gasteiger charge is -2.22. The molecule has 0 saturated carbocycles. The van der Waals surface area contributed by atoms with Crippen LogP contribution in [0.15, 0.2) is 42.6 Å². The number of hydrogen-bond acceptors (Lipinski definition) is 4. The SMILES string of the molecule is CCc1ccccc1NC(=O)CN(C)C(=O)c1cccnc1N1CCCC1. The Morgan fingerprint density at radius 2 is 1.89 bits per heavy atom. The van der Waals surface area contributed by atoms with Crippen molar-refractivity contribution in [2.24, 2.45) is 0 Å². The van der Waals surface area contributed by atoms with E-state index < -0.39 is 0 Å². The highest BCUT2D eigenvalue weighted by Gasteiger charge is 2.23. The Morgan fingerprint density at radius 1 is 1.15 bits per heavy atom. The summed E-state index contributed by atoms with van der Waals surface area (Å²) >= 11 is 0. The summed E-state index contributed by atoms with van der Waals surface area (Å²) in [6.07, 6.45) is 4.76. The van der Waals surface area contributed by atoms with Gasteiger partial charge < -0.3 is 15.1 Å². The summed E-state index contributed by atoms with van der Waals surface area (Å²) in [5, 5.41) is 2.91. The molecule has 0 aliphatic carbocycles. The third-order valence-electron chi connectivity index (χ3n) is 4.82. The summed E-state index contributed by atoms with van der Waals surface area (Å²) in [7, 11) is 1.65. The lowest BCUT2D eigenvalue weighted by atomic mass is 10.1. The van der Waals surface area contributed by atoms with E-state index in [1.807, 2.05) is 31.2 Å². The average Bonchev–Trinajstić information content (AvgIpc) is 3.22. The number of rotatable bonds is 6. The van der Waals surface area contributed by atoms with Gasteiger partial charge >= 0.3 is 0 Å².